The van der Waals surface area contributed by atoms with Crippen molar-refractivity contribution in [2.45, 2.75) is 425 Å². The average molecular weight is 1110 g/mol. The SMILES string of the molecule is CCCCCCCCCC/C=C\CCCCCCCCCCCC(=O)OCC(COC(=O)CCCCCCCCCCCCCCCCCCCCCC)OC(=O)CCCCCCCCCCCCCCCCCCCCCC. The Morgan fingerprint density at radius 2 is 0.418 bits per heavy atom. The summed E-state index contributed by atoms with van der Waals surface area (Å²) in [5, 5.41) is 0. The van der Waals surface area contributed by atoms with E-state index in [-0.39, 0.29) is 31.1 Å². The fourth-order valence-corrected chi connectivity index (χ4v) is 11.3. The first-order valence-electron chi connectivity index (χ1n) is 36.2. The predicted molar refractivity (Wildman–Crippen MR) is 344 cm³/mol. The van der Waals surface area contributed by atoms with Crippen molar-refractivity contribution in [3.05, 3.63) is 12.2 Å². The fourth-order valence-electron chi connectivity index (χ4n) is 11.3. The Kier molecular flexibility index (Phi) is 67.0. The summed E-state index contributed by atoms with van der Waals surface area (Å²) in [6.07, 6.45) is 82.4. The zero-order valence-corrected chi connectivity index (χ0v) is 53.9. The molecule has 0 aliphatic carbocycles. The summed E-state index contributed by atoms with van der Waals surface area (Å²) in [7, 11) is 0. The van der Waals surface area contributed by atoms with Crippen LogP contribution in [0.1, 0.15) is 419 Å². The minimum Gasteiger partial charge on any atom is -0.462 e. The second kappa shape index (κ2) is 68.6. The van der Waals surface area contributed by atoms with Gasteiger partial charge in [0, 0.05) is 19.3 Å². The quantitative estimate of drug-likeness (QED) is 0.0261. The molecule has 0 heterocycles. The Balaban J connectivity index is 4.29. The Hall–Kier alpha value is -1.85. The van der Waals surface area contributed by atoms with Crippen LogP contribution in [0.25, 0.3) is 0 Å². The molecule has 0 fully saturated rings. The third kappa shape index (κ3) is 66.8. The highest BCUT2D eigenvalue weighted by Crippen LogP contribution is 2.19. The maximum atomic E-state index is 13.0. The minimum atomic E-state index is -0.767. The van der Waals surface area contributed by atoms with E-state index in [2.05, 4.69) is 32.9 Å². The topological polar surface area (TPSA) is 78.9 Å². The zero-order valence-electron chi connectivity index (χ0n) is 53.9. The molecule has 0 radical (unpaired) electrons. The second-order valence-corrected chi connectivity index (χ2v) is 24.9. The molecule has 0 amide bonds. The smallest absolute Gasteiger partial charge is 0.306 e. The van der Waals surface area contributed by atoms with Gasteiger partial charge >= 0.3 is 17.9 Å². The molecular weight excluding hydrogens is 973 g/mol. The standard InChI is InChI=1S/C73H140O6/c1-4-7-10-13-16-19-22-25-28-31-34-37-40-42-45-48-51-54-57-60-63-66-72(75)78-69-70(79-73(76)67-64-61-58-55-52-49-46-43-39-36-33-30-27-24-21-18-15-12-9-6-3)68-77-71(74)65-62-59-56-53-50-47-44-41-38-35-32-29-26-23-20-17-14-11-8-5-2/h31,34,70H,4-30,32-33,35-69H2,1-3H3/b34-31-. The number of ether oxygens (including phenoxy) is 3. The van der Waals surface area contributed by atoms with Crippen molar-refractivity contribution >= 4 is 17.9 Å². The average Bonchev–Trinajstić information content (AvgIpc) is 3.45. The fraction of sp³-hybridized carbons (Fsp3) is 0.932. The van der Waals surface area contributed by atoms with Gasteiger partial charge in [0.2, 0.25) is 0 Å². The Labute approximate surface area is 494 Å². The Bertz CT molecular complexity index is 1230. The first-order chi connectivity index (χ1) is 39.0. The highest BCUT2D eigenvalue weighted by Gasteiger charge is 2.19. The van der Waals surface area contributed by atoms with Crippen molar-refractivity contribution in [1.82, 2.24) is 0 Å². The molecule has 0 aromatic carbocycles. The second-order valence-electron chi connectivity index (χ2n) is 24.9. The summed E-state index contributed by atoms with van der Waals surface area (Å²) in [6.45, 7) is 6.74. The van der Waals surface area contributed by atoms with Crippen LogP contribution in [0, 0.1) is 0 Å². The van der Waals surface area contributed by atoms with Crippen LogP contribution in [0.2, 0.25) is 0 Å². The number of carbonyl (C=O) groups excluding carboxylic acids is 3. The summed E-state index contributed by atoms with van der Waals surface area (Å²) in [4.78, 5) is 38.5. The minimum absolute atomic E-state index is 0.0631. The van der Waals surface area contributed by atoms with Crippen LogP contribution in [0.15, 0.2) is 12.2 Å². The van der Waals surface area contributed by atoms with E-state index in [0.717, 1.165) is 57.8 Å². The maximum absolute atomic E-state index is 13.0. The molecule has 0 bridgehead atoms. The molecular formula is C73H140O6. The molecule has 0 aromatic rings. The maximum Gasteiger partial charge on any atom is 0.306 e. The summed E-state index contributed by atoms with van der Waals surface area (Å²) in [6, 6.07) is 0. The van der Waals surface area contributed by atoms with E-state index in [0.29, 0.717) is 19.3 Å². The van der Waals surface area contributed by atoms with E-state index in [1.165, 1.54) is 321 Å². The molecule has 6 heteroatoms. The summed E-state index contributed by atoms with van der Waals surface area (Å²) in [5.74, 6) is -0.826. The van der Waals surface area contributed by atoms with Gasteiger partial charge in [-0.25, -0.2) is 0 Å². The molecule has 6 nitrogen and oxygen atoms in total. The number of unbranched alkanes of at least 4 members (excludes halogenated alkanes) is 55. The zero-order chi connectivity index (χ0) is 57.1. The van der Waals surface area contributed by atoms with Crippen molar-refractivity contribution < 1.29 is 28.6 Å². The summed E-state index contributed by atoms with van der Waals surface area (Å²) in [5.41, 5.74) is 0. The van der Waals surface area contributed by atoms with E-state index in [1.54, 1.807) is 0 Å². The Morgan fingerprint density at radius 3 is 0.633 bits per heavy atom. The van der Waals surface area contributed by atoms with Gasteiger partial charge in [0.15, 0.2) is 6.10 Å². The molecule has 1 unspecified atom stereocenters. The number of allylic oxidation sites excluding steroid dienone is 2. The van der Waals surface area contributed by atoms with Gasteiger partial charge in [-0.3, -0.25) is 14.4 Å². The van der Waals surface area contributed by atoms with Gasteiger partial charge in [-0.2, -0.15) is 0 Å². The molecule has 1 atom stereocenters. The van der Waals surface area contributed by atoms with Crippen LogP contribution in [0.3, 0.4) is 0 Å². The lowest BCUT2D eigenvalue weighted by atomic mass is 10.0. The third-order valence-corrected chi connectivity index (χ3v) is 16.8. The lowest BCUT2D eigenvalue weighted by Crippen LogP contribution is -2.30. The van der Waals surface area contributed by atoms with Crippen molar-refractivity contribution in [1.29, 1.82) is 0 Å². The highest BCUT2D eigenvalue weighted by atomic mass is 16.6. The van der Waals surface area contributed by atoms with Gasteiger partial charge in [-0.15, -0.1) is 0 Å². The molecule has 0 saturated carbocycles. The van der Waals surface area contributed by atoms with E-state index in [4.69, 9.17) is 14.2 Å². The van der Waals surface area contributed by atoms with E-state index < -0.39 is 6.10 Å². The summed E-state index contributed by atoms with van der Waals surface area (Å²) < 4.78 is 17.0. The molecule has 468 valence electrons. The van der Waals surface area contributed by atoms with Gasteiger partial charge in [-0.1, -0.05) is 367 Å². The number of carbonyl (C=O) groups is 3. The first-order valence-corrected chi connectivity index (χ1v) is 36.2. The van der Waals surface area contributed by atoms with E-state index >= 15 is 0 Å². The first kappa shape index (κ1) is 77.2. The van der Waals surface area contributed by atoms with Gasteiger partial charge in [0.25, 0.3) is 0 Å². The lowest BCUT2D eigenvalue weighted by Gasteiger charge is -2.18. The van der Waals surface area contributed by atoms with Crippen LogP contribution in [0.4, 0.5) is 0 Å². The van der Waals surface area contributed by atoms with Gasteiger partial charge < -0.3 is 14.2 Å². The highest BCUT2D eigenvalue weighted by molar-refractivity contribution is 5.71. The van der Waals surface area contributed by atoms with E-state index in [9.17, 15) is 14.4 Å². The number of esters is 3. The van der Waals surface area contributed by atoms with Gasteiger partial charge in [0.1, 0.15) is 13.2 Å². The van der Waals surface area contributed by atoms with Crippen LogP contribution >= 0.6 is 0 Å². The van der Waals surface area contributed by atoms with Gasteiger partial charge in [0.05, 0.1) is 0 Å². The molecule has 0 aromatic heterocycles. The normalized spacial score (nSPS) is 12.0. The predicted octanol–water partition coefficient (Wildman–Crippen LogP) is 24.8. The molecule has 0 aliphatic heterocycles. The number of hydrogen-bond donors (Lipinski definition) is 0. The molecule has 0 spiro atoms. The van der Waals surface area contributed by atoms with Crippen molar-refractivity contribution in [3.63, 3.8) is 0 Å². The van der Waals surface area contributed by atoms with Crippen LogP contribution in [0.5, 0.6) is 0 Å². The third-order valence-electron chi connectivity index (χ3n) is 16.8. The molecule has 0 rings (SSSR count). The molecule has 79 heavy (non-hydrogen) atoms. The Morgan fingerprint density at radius 1 is 0.241 bits per heavy atom. The molecule has 0 N–H and O–H groups in total. The lowest BCUT2D eigenvalue weighted by molar-refractivity contribution is -0.167. The summed E-state index contributed by atoms with van der Waals surface area (Å²) >= 11 is 0. The van der Waals surface area contributed by atoms with Crippen molar-refractivity contribution in [3.8, 4) is 0 Å². The van der Waals surface area contributed by atoms with Crippen molar-refractivity contribution in [2.75, 3.05) is 13.2 Å². The van der Waals surface area contributed by atoms with Crippen LogP contribution in [-0.4, -0.2) is 37.2 Å². The van der Waals surface area contributed by atoms with E-state index in [1.807, 2.05) is 0 Å². The number of hydrogen-bond acceptors (Lipinski definition) is 6. The number of rotatable bonds is 68. The van der Waals surface area contributed by atoms with Gasteiger partial charge in [-0.05, 0) is 44.9 Å². The molecule has 0 saturated heterocycles. The van der Waals surface area contributed by atoms with Crippen LogP contribution < -0.4 is 0 Å². The monoisotopic (exact) mass is 1110 g/mol. The van der Waals surface area contributed by atoms with Crippen molar-refractivity contribution in [2.24, 2.45) is 0 Å². The largest absolute Gasteiger partial charge is 0.462 e. The van der Waals surface area contributed by atoms with Crippen LogP contribution in [-0.2, 0) is 28.6 Å². The molecule has 0 aliphatic rings.